The van der Waals surface area contributed by atoms with Crippen LogP contribution in [0.1, 0.15) is 64.7 Å². The third-order valence-corrected chi connectivity index (χ3v) is 5.49. The van der Waals surface area contributed by atoms with Crippen molar-refractivity contribution in [2.45, 2.75) is 64.7 Å². The minimum atomic E-state index is 0.890. The summed E-state index contributed by atoms with van der Waals surface area (Å²) in [6.07, 6.45) is 14.0. The van der Waals surface area contributed by atoms with Gasteiger partial charge in [0, 0.05) is 0 Å². The summed E-state index contributed by atoms with van der Waals surface area (Å²) in [6.45, 7) is 2.44. The lowest BCUT2D eigenvalue weighted by Gasteiger charge is -2.28. The van der Waals surface area contributed by atoms with Gasteiger partial charge in [0.15, 0.2) is 0 Å². The van der Waals surface area contributed by atoms with E-state index in [1.165, 1.54) is 31.6 Å². The molecule has 0 aromatic heterocycles. The first-order chi connectivity index (χ1) is 6.80. The Balaban J connectivity index is 1.60. The second-order valence-electron chi connectivity index (χ2n) is 6.40. The summed E-state index contributed by atoms with van der Waals surface area (Å²) in [4.78, 5) is 0. The highest BCUT2D eigenvalue weighted by Gasteiger charge is 2.57. The molecule has 0 heteroatoms. The lowest BCUT2D eigenvalue weighted by Crippen LogP contribution is -2.17. The topological polar surface area (TPSA) is 0 Å². The summed E-state index contributed by atoms with van der Waals surface area (Å²) in [7, 11) is 0. The van der Waals surface area contributed by atoms with E-state index >= 15 is 0 Å². The largest absolute Gasteiger partial charge is 0.0625 e. The molecular formula is C14H24. The molecule has 0 aromatic carbocycles. The summed E-state index contributed by atoms with van der Waals surface area (Å²) >= 11 is 0. The van der Waals surface area contributed by atoms with Crippen molar-refractivity contribution < 1.29 is 0 Å². The van der Waals surface area contributed by atoms with E-state index in [4.69, 9.17) is 0 Å². The predicted molar refractivity (Wildman–Crippen MR) is 60.1 cm³/mol. The van der Waals surface area contributed by atoms with E-state index in [2.05, 4.69) is 6.92 Å². The fourth-order valence-corrected chi connectivity index (χ4v) is 4.32. The van der Waals surface area contributed by atoms with Crippen molar-refractivity contribution in [1.29, 1.82) is 0 Å². The molecule has 0 saturated heterocycles. The quantitative estimate of drug-likeness (QED) is 0.578. The zero-order valence-corrected chi connectivity index (χ0v) is 9.60. The van der Waals surface area contributed by atoms with Crippen LogP contribution in [0.4, 0.5) is 0 Å². The van der Waals surface area contributed by atoms with E-state index in [0.717, 1.165) is 17.3 Å². The summed E-state index contributed by atoms with van der Waals surface area (Å²) in [6, 6.07) is 0. The van der Waals surface area contributed by atoms with Gasteiger partial charge in [0.05, 0.1) is 0 Å². The van der Waals surface area contributed by atoms with Crippen LogP contribution in [0.2, 0.25) is 0 Å². The molecule has 3 saturated carbocycles. The highest BCUT2D eigenvalue weighted by atomic mass is 14.6. The number of hydrogen-bond acceptors (Lipinski definition) is 0. The molecule has 3 aliphatic carbocycles. The molecule has 3 rings (SSSR count). The minimum Gasteiger partial charge on any atom is -0.0625 e. The van der Waals surface area contributed by atoms with Crippen molar-refractivity contribution in [1.82, 2.24) is 0 Å². The fourth-order valence-electron chi connectivity index (χ4n) is 4.32. The zero-order chi connectivity index (χ0) is 9.60. The Labute approximate surface area is 88.5 Å². The molecule has 14 heavy (non-hydrogen) atoms. The molecule has 0 aliphatic heterocycles. The molecule has 80 valence electrons. The number of rotatable bonds is 1. The van der Waals surface area contributed by atoms with Crippen molar-refractivity contribution in [2.75, 3.05) is 0 Å². The van der Waals surface area contributed by atoms with E-state index in [-0.39, 0.29) is 0 Å². The summed E-state index contributed by atoms with van der Waals surface area (Å²) < 4.78 is 0. The summed E-state index contributed by atoms with van der Waals surface area (Å²) in [5.74, 6) is 3.37. The van der Waals surface area contributed by atoms with Gasteiger partial charge in [-0.2, -0.15) is 0 Å². The Kier molecular flexibility index (Phi) is 2.15. The molecule has 0 amide bonds. The minimum absolute atomic E-state index is 0.890. The SMILES string of the molecule is CC1CCC2(CC1)CC2C1CCCC1. The Morgan fingerprint density at radius 2 is 1.57 bits per heavy atom. The highest BCUT2D eigenvalue weighted by Crippen LogP contribution is 2.66. The molecule has 0 nitrogen and oxygen atoms in total. The van der Waals surface area contributed by atoms with Crippen LogP contribution in [0.25, 0.3) is 0 Å². The van der Waals surface area contributed by atoms with Crippen LogP contribution >= 0.6 is 0 Å². The molecule has 1 spiro atoms. The third-order valence-electron chi connectivity index (χ3n) is 5.49. The van der Waals surface area contributed by atoms with Gasteiger partial charge in [-0.25, -0.2) is 0 Å². The van der Waals surface area contributed by atoms with Gasteiger partial charge in [-0.05, 0) is 42.4 Å². The van der Waals surface area contributed by atoms with E-state index in [1.54, 1.807) is 32.1 Å². The molecule has 1 unspecified atom stereocenters. The van der Waals surface area contributed by atoms with Crippen molar-refractivity contribution in [3.05, 3.63) is 0 Å². The molecule has 0 aromatic rings. The van der Waals surface area contributed by atoms with Crippen LogP contribution in [0.3, 0.4) is 0 Å². The summed E-state index contributed by atoms with van der Waals surface area (Å²) in [5.41, 5.74) is 0.890. The molecule has 3 aliphatic rings. The first kappa shape index (κ1) is 9.24. The highest BCUT2D eigenvalue weighted by molar-refractivity contribution is 5.06. The second kappa shape index (κ2) is 3.25. The lowest BCUT2D eigenvalue weighted by molar-refractivity contribution is 0.228. The van der Waals surface area contributed by atoms with E-state index in [0.29, 0.717) is 0 Å². The van der Waals surface area contributed by atoms with Gasteiger partial charge in [0.25, 0.3) is 0 Å². The van der Waals surface area contributed by atoms with Crippen LogP contribution in [-0.2, 0) is 0 Å². The van der Waals surface area contributed by atoms with Crippen LogP contribution in [-0.4, -0.2) is 0 Å². The first-order valence-corrected chi connectivity index (χ1v) is 6.80. The average Bonchev–Trinajstić information content (AvgIpc) is 2.64. The lowest BCUT2D eigenvalue weighted by atomic mass is 9.77. The van der Waals surface area contributed by atoms with Crippen LogP contribution in [0.15, 0.2) is 0 Å². The van der Waals surface area contributed by atoms with E-state index in [9.17, 15) is 0 Å². The van der Waals surface area contributed by atoms with Gasteiger partial charge in [-0.1, -0.05) is 45.4 Å². The Bertz CT molecular complexity index is 204. The zero-order valence-electron chi connectivity index (χ0n) is 9.60. The maximum Gasteiger partial charge on any atom is -0.0263 e. The smallest absolute Gasteiger partial charge is 0.0263 e. The maximum absolute atomic E-state index is 2.44. The van der Waals surface area contributed by atoms with Gasteiger partial charge in [-0.15, -0.1) is 0 Å². The van der Waals surface area contributed by atoms with Crippen LogP contribution in [0.5, 0.6) is 0 Å². The molecule has 0 N–H and O–H groups in total. The molecule has 3 fully saturated rings. The van der Waals surface area contributed by atoms with Gasteiger partial charge in [0.1, 0.15) is 0 Å². The van der Waals surface area contributed by atoms with Crippen molar-refractivity contribution >= 4 is 0 Å². The van der Waals surface area contributed by atoms with Gasteiger partial charge in [0.2, 0.25) is 0 Å². The third kappa shape index (κ3) is 1.42. The Morgan fingerprint density at radius 1 is 0.929 bits per heavy atom. The van der Waals surface area contributed by atoms with Crippen LogP contribution in [0, 0.1) is 23.2 Å². The maximum atomic E-state index is 2.44. The molecule has 0 bridgehead atoms. The average molecular weight is 192 g/mol. The Morgan fingerprint density at radius 3 is 2.21 bits per heavy atom. The molecule has 1 atom stereocenters. The Hall–Kier alpha value is 0. The van der Waals surface area contributed by atoms with Crippen molar-refractivity contribution in [3.63, 3.8) is 0 Å². The standard InChI is InChI=1S/C14H24/c1-11-6-8-14(9-7-11)10-13(14)12-4-2-3-5-12/h11-13H,2-10H2,1H3. The molecular weight excluding hydrogens is 168 g/mol. The van der Waals surface area contributed by atoms with Crippen molar-refractivity contribution in [2.24, 2.45) is 23.2 Å². The van der Waals surface area contributed by atoms with Gasteiger partial charge < -0.3 is 0 Å². The van der Waals surface area contributed by atoms with E-state index < -0.39 is 0 Å². The molecule has 0 heterocycles. The van der Waals surface area contributed by atoms with Gasteiger partial charge in [-0.3, -0.25) is 0 Å². The van der Waals surface area contributed by atoms with Crippen molar-refractivity contribution in [3.8, 4) is 0 Å². The summed E-state index contributed by atoms with van der Waals surface area (Å²) in [5, 5.41) is 0. The second-order valence-corrected chi connectivity index (χ2v) is 6.40. The molecule has 0 radical (unpaired) electrons. The van der Waals surface area contributed by atoms with Crippen LogP contribution < -0.4 is 0 Å². The normalized spacial score (nSPS) is 48.6. The first-order valence-electron chi connectivity index (χ1n) is 6.80. The van der Waals surface area contributed by atoms with E-state index in [1.807, 2.05) is 0 Å². The number of hydrogen-bond donors (Lipinski definition) is 0. The predicted octanol–water partition coefficient (Wildman–Crippen LogP) is 4.39. The van der Waals surface area contributed by atoms with Gasteiger partial charge >= 0.3 is 0 Å². The monoisotopic (exact) mass is 192 g/mol. The fraction of sp³-hybridized carbons (Fsp3) is 1.00.